The van der Waals surface area contributed by atoms with E-state index >= 15 is 0 Å². The van der Waals surface area contributed by atoms with Gasteiger partial charge in [-0.3, -0.25) is 9.59 Å². The van der Waals surface area contributed by atoms with E-state index in [-0.39, 0.29) is 18.1 Å². The van der Waals surface area contributed by atoms with Gasteiger partial charge in [0.05, 0.1) is 6.54 Å². The zero-order chi connectivity index (χ0) is 17.7. The summed E-state index contributed by atoms with van der Waals surface area (Å²) in [7, 11) is 1.39. The number of anilines is 1. The lowest BCUT2D eigenvalue weighted by atomic mass is 10.3. The third-order valence-corrected chi connectivity index (χ3v) is 2.95. The van der Waals surface area contributed by atoms with Crippen molar-refractivity contribution in [2.75, 3.05) is 25.5 Å². The Kier molecular flexibility index (Phi) is 5.46. The standard InChI is InChI=1S/C15H15F2N3O4/c1-9-5-13(19-24-9)18-14(21)7-20(2)15(22)8-23-12-4-3-10(16)6-11(12)17/h3-6H,7-8H2,1-2H3,(H,18,19,21). The van der Waals surface area contributed by atoms with Crippen molar-refractivity contribution >= 4 is 17.6 Å². The normalized spacial score (nSPS) is 10.3. The summed E-state index contributed by atoms with van der Waals surface area (Å²) >= 11 is 0. The van der Waals surface area contributed by atoms with Gasteiger partial charge in [-0.15, -0.1) is 0 Å². The molecular weight excluding hydrogens is 324 g/mol. The first kappa shape index (κ1) is 17.4. The average Bonchev–Trinajstić information content (AvgIpc) is 2.90. The number of likely N-dealkylation sites (N-methyl/N-ethyl adjacent to an activating group) is 1. The van der Waals surface area contributed by atoms with E-state index in [1.807, 2.05) is 0 Å². The summed E-state index contributed by atoms with van der Waals surface area (Å²) in [6.07, 6.45) is 0. The Bertz CT molecular complexity index is 748. The Hall–Kier alpha value is -2.97. The number of amides is 2. The summed E-state index contributed by atoms with van der Waals surface area (Å²) in [6, 6.07) is 4.27. The molecule has 2 amide bonds. The number of hydrogen-bond donors (Lipinski definition) is 1. The summed E-state index contributed by atoms with van der Waals surface area (Å²) < 4.78 is 35.9. The van der Waals surface area contributed by atoms with Crippen molar-refractivity contribution in [2.45, 2.75) is 6.92 Å². The van der Waals surface area contributed by atoms with Crippen LogP contribution in [0.15, 0.2) is 28.8 Å². The predicted octanol–water partition coefficient (Wildman–Crippen LogP) is 1.74. The highest BCUT2D eigenvalue weighted by Gasteiger charge is 2.16. The maximum atomic E-state index is 13.4. The van der Waals surface area contributed by atoms with Crippen LogP contribution in [0.3, 0.4) is 0 Å². The molecule has 0 saturated carbocycles. The molecule has 24 heavy (non-hydrogen) atoms. The molecular formula is C15H15F2N3O4. The van der Waals surface area contributed by atoms with Crippen LogP contribution in [0.2, 0.25) is 0 Å². The van der Waals surface area contributed by atoms with Gasteiger partial charge in [0, 0.05) is 19.2 Å². The summed E-state index contributed by atoms with van der Waals surface area (Å²) in [6.45, 7) is 0.930. The van der Waals surface area contributed by atoms with Crippen LogP contribution in [0, 0.1) is 18.6 Å². The van der Waals surface area contributed by atoms with E-state index in [1.54, 1.807) is 6.92 Å². The number of ether oxygens (including phenoxy) is 1. The highest BCUT2D eigenvalue weighted by molar-refractivity contribution is 5.93. The molecule has 0 radical (unpaired) electrons. The fourth-order valence-electron chi connectivity index (χ4n) is 1.75. The zero-order valence-corrected chi connectivity index (χ0v) is 13.0. The van der Waals surface area contributed by atoms with Crippen molar-refractivity contribution in [3.63, 3.8) is 0 Å². The number of carbonyl (C=O) groups is 2. The Labute approximate surface area is 136 Å². The lowest BCUT2D eigenvalue weighted by molar-refractivity contribution is -0.135. The number of aromatic nitrogens is 1. The lowest BCUT2D eigenvalue weighted by Crippen LogP contribution is -2.37. The van der Waals surface area contributed by atoms with Crippen molar-refractivity contribution in [3.05, 3.63) is 41.7 Å². The largest absolute Gasteiger partial charge is 0.481 e. The van der Waals surface area contributed by atoms with Crippen LogP contribution in [0.4, 0.5) is 14.6 Å². The van der Waals surface area contributed by atoms with E-state index in [9.17, 15) is 18.4 Å². The number of nitrogens with one attached hydrogen (secondary N) is 1. The molecule has 1 heterocycles. The minimum atomic E-state index is -0.912. The van der Waals surface area contributed by atoms with Crippen LogP contribution in [-0.2, 0) is 9.59 Å². The Morgan fingerprint density at radius 2 is 2.08 bits per heavy atom. The number of aryl methyl sites for hydroxylation is 1. The lowest BCUT2D eigenvalue weighted by Gasteiger charge is -2.16. The number of rotatable bonds is 6. The molecule has 2 aromatic rings. The highest BCUT2D eigenvalue weighted by Crippen LogP contribution is 2.17. The van der Waals surface area contributed by atoms with Gasteiger partial charge in [-0.25, -0.2) is 8.78 Å². The molecule has 0 aliphatic carbocycles. The first-order valence-electron chi connectivity index (χ1n) is 6.90. The molecule has 9 heteroatoms. The molecule has 0 atom stereocenters. The van der Waals surface area contributed by atoms with Crippen LogP contribution < -0.4 is 10.1 Å². The molecule has 128 valence electrons. The van der Waals surface area contributed by atoms with Crippen LogP contribution >= 0.6 is 0 Å². The van der Waals surface area contributed by atoms with E-state index in [1.165, 1.54) is 13.1 Å². The van der Waals surface area contributed by atoms with Gasteiger partial charge in [0.1, 0.15) is 11.6 Å². The predicted molar refractivity (Wildman–Crippen MR) is 79.4 cm³/mol. The van der Waals surface area contributed by atoms with E-state index in [4.69, 9.17) is 9.26 Å². The maximum absolute atomic E-state index is 13.4. The molecule has 0 aliphatic heterocycles. The topological polar surface area (TPSA) is 84.7 Å². The third kappa shape index (κ3) is 4.77. The second-order valence-corrected chi connectivity index (χ2v) is 4.98. The van der Waals surface area contributed by atoms with Gasteiger partial charge in [0.15, 0.2) is 24.0 Å². The molecule has 2 rings (SSSR count). The molecule has 1 aromatic carbocycles. The van der Waals surface area contributed by atoms with E-state index < -0.39 is 30.1 Å². The number of carbonyl (C=O) groups excluding carboxylic acids is 2. The van der Waals surface area contributed by atoms with Crippen molar-refractivity contribution in [3.8, 4) is 5.75 Å². The monoisotopic (exact) mass is 339 g/mol. The fraction of sp³-hybridized carbons (Fsp3) is 0.267. The van der Waals surface area contributed by atoms with Gasteiger partial charge in [-0.05, 0) is 19.1 Å². The molecule has 0 unspecified atom stereocenters. The van der Waals surface area contributed by atoms with Crippen molar-refractivity contribution < 1.29 is 27.6 Å². The maximum Gasteiger partial charge on any atom is 0.260 e. The smallest absolute Gasteiger partial charge is 0.260 e. The minimum absolute atomic E-state index is 0.239. The van der Waals surface area contributed by atoms with Gasteiger partial charge in [-0.2, -0.15) is 0 Å². The quantitative estimate of drug-likeness (QED) is 0.866. The summed E-state index contributed by atoms with van der Waals surface area (Å²) in [5.74, 6) is -2.17. The number of halogens is 2. The summed E-state index contributed by atoms with van der Waals surface area (Å²) in [4.78, 5) is 24.8. The summed E-state index contributed by atoms with van der Waals surface area (Å²) in [5, 5.41) is 6.05. The van der Waals surface area contributed by atoms with Gasteiger partial charge in [0.25, 0.3) is 5.91 Å². The summed E-state index contributed by atoms with van der Waals surface area (Å²) in [5.41, 5.74) is 0. The van der Waals surface area contributed by atoms with E-state index in [2.05, 4.69) is 10.5 Å². The second kappa shape index (κ2) is 7.53. The third-order valence-electron chi connectivity index (χ3n) is 2.95. The van der Waals surface area contributed by atoms with Gasteiger partial charge >= 0.3 is 0 Å². The SMILES string of the molecule is Cc1cc(NC(=O)CN(C)C(=O)COc2ccc(F)cc2F)no1. The van der Waals surface area contributed by atoms with Crippen LogP contribution in [0.1, 0.15) is 5.76 Å². The average molecular weight is 339 g/mol. The minimum Gasteiger partial charge on any atom is -0.481 e. The molecule has 0 bridgehead atoms. The molecule has 1 aromatic heterocycles. The fourth-order valence-corrected chi connectivity index (χ4v) is 1.75. The Balaban J connectivity index is 1.82. The molecule has 0 fully saturated rings. The molecule has 0 aliphatic rings. The van der Waals surface area contributed by atoms with Crippen LogP contribution in [0.25, 0.3) is 0 Å². The molecule has 1 N–H and O–H groups in total. The molecule has 0 saturated heterocycles. The van der Waals surface area contributed by atoms with Crippen LogP contribution in [-0.4, -0.2) is 42.1 Å². The molecule has 0 spiro atoms. The number of nitrogens with zero attached hydrogens (tertiary/aromatic N) is 2. The van der Waals surface area contributed by atoms with Crippen molar-refractivity contribution in [1.29, 1.82) is 0 Å². The second-order valence-electron chi connectivity index (χ2n) is 4.98. The number of benzene rings is 1. The van der Waals surface area contributed by atoms with Crippen molar-refractivity contribution in [1.82, 2.24) is 10.1 Å². The van der Waals surface area contributed by atoms with Gasteiger partial charge < -0.3 is 19.5 Å². The Morgan fingerprint density at radius 3 is 2.71 bits per heavy atom. The van der Waals surface area contributed by atoms with Crippen LogP contribution in [0.5, 0.6) is 5.75 Å². The van der Waals surface area contributed by atoms with Gasteiger partial charge in [0.2, 0.25) is 5.91 Å². The molecule has 7 nitrogen and oxygen atoms in total. The first-order chi connectivity index (χ1) is 11.3. The first-order valence-corrected chi connectivity index (χ1v) is 6.90. The number of hydrogen-bond acceptors (Lipinski definition) is 5. The van der Waals surface area contributed by atoms with E-state index in [0.29, 0.717) is 11.8 Å². The highest BCUT2D eigenvalue weighted by atomic mass is 19.1. The van der Waals surface area contributed by atoms with E-state index in [0.717, 1.165) is 17.0 Å². The Morgan fingerprint density at radius 1 is 1.33 bits per heavy atom. The van der Waals surface area contributed by atoms with Crippen molar-refractivity contribution in [2.24, 2.45) is 0 Å². The zero-order valence-electron chi connectivity index (χ0n) is 13.0. The van der Waals surface area contributed by atoms with Gasteiger partial charge in [-0.1, -0.05) is 5.16 Å².